The van der Waals surface area contributed by atoms with Crippen LogP contribution in [0, 0.1) is 5.82 Å². The molecular weight excluding hydrogens is 323 g/mol. The molecule has 8 heteroatoms. The van der Waals surface area contributed by atoms with Crippen molar-refractivity contribution in [1.29, 1.82) is 0 Å². The van der Waals surface area contributed by atoms with Gasteiger partial charge in [0.05, 0.1) is 18.0 Å². The summed E-state index contributed by atoms with van der Waals surface area (Å²) in [6.45, 7) is 2.64. The predicted molar refractivity (Wildman–Crippen MR) is 83.7 cm³/mol. The number of hydrogen-bond acceptors (Lipinski definition) is 4. The largest absolute Gasteiger partial charge is 0.368 e. The molecule has 0 spiro atoms. The second-order valence-electron chi connectivity index (χ2n) is 5.55. The topological polar surface area (TPSA) is 75.7 Å². The van der Waals surface area contributed by atoms with E-state index in [1.54, 1.807) is 12.1 Å². The van der Waals surface area contributed by atoms with E-state index in [1.807, 2.05) is 6.92 Å². The van der Waals surface area contributed by atoms with Crippen LogP contribution in [0.15, 0.2) is 24.3 Å². The van der Waals surface area contributed by atoms with E-state index in [4.69, 9.17) is 4.74 Å². The van der Waals surface area contributed by atoms with E-state index in [0.717, 1.165) is 5.56 Å². The zero-order valence-electron chi connectivity index (χ0n) is 12.9. The molecule has 1 N–H and O–H groups in total. The van der Waals surface area contributed by atoms with Crippen LogP contribution in [0.25, 0.3) is 0 Å². The number of amides is 1. The third-order valence-electron chi connectivity index (χ3n) is 3.67. The van der Waals surface area contributed by atoms with Gasteiger partial charge in [-0.2, -0.15) is 4.31 Å². The lowest BCUT2D eigenvalue weighted by molar-refractivity contribution is -0.109. The van der Waals surface area contributed by atoms with Crippen molar-refractivity contribution < 1.29 is 22.3 Å². The van der Waals surface area contributed by atoms with E-state index in [2.05, 4.69) is 5.32 Å². The van der Waals surface area contributed by atoms with Gasteiger partial charge >= 0.3 is 0 Å². The first-order valence-electron chi connectivity index (χ1n) is 7.48. The summed E-state index contributed by atoms with van der Waals surface area (Å²) in [7, 11) is -3.42. The number of sulfonamides is 1. The lowest BCUT2D eigenvalue weighted by Crippen LogP contribution is -2.46. The monoisotopic (exact) mass is 344 g/mol. The summed E-state index contributed by atoms with van der Waals surface area (Å²) in [5.41, 5.74) is 0.751. The van der Waals surface area contributed by atoms with E-state index < -0.39 is 16.1 Å². The molecule has 0 radical (unpaired) electrons. The van der Waals surface area contributed by atoms with Crippen LogP contribution in [-0.2, 0) is 19.6 Å². The highest BCUT2D eigenvalue weighted by Crippen LogP contribution is 2.27. The fraction of sp³-hybridized carbons (Fsp3) is 0.533. The minimum absolute atomic E-state index is 0.0311. The average Bonchev–Trinajstić information content (AvgIpc) is 2.52. The van der Waals surface area contributed by atoms with E-state index >= 15 is 0 Å². The van der Waals surface area contributed by atoms with Crippen molar-refractivity contribution in [2.24, 2.45) is 0 Å². The molecule has 1 aliphatic heterocycles. The highest BCUT2D eigenvalue weighted by molar-refractivity contribution is 7.89. The first-order valence-corrected chi connectivity index (χ1v) is 9.09. The fourth-order valence-electron chi connectivity index (χ4n) is 2.55. The Labute approximate surface area is 135 Å². The summed E-state index contributed by atoms with van der Waals surface area (Å²) in [6, 6.07) is 5.89. The number of benzene rings is 1. The Morgan fingerprint density at radius 2 is 2.04 bits per heavy atom. The van der Waals surface area contributed by atoms with Gasteiger partial charge in [-0.3, -0.25) is 4.79 Å². The number of hydrogen-bond donors (Lipinski definition) is 1. The molecule has 2 rings (SSSR count). The number of carbonyl (C=O) groups excluding carboxylic acids is 1. The molecule has 2 atom stereocenters. The molecule has 6 nitrogen and oxygen atoms in total. The molecule has 0 aromatic heterocycles. The molecule has 1 aromatic rings. The van der Waals surface area contributed by atoms with Gasteiger partial charge < -0.3 is 10.1 Å². The van der Waals surface area contributed by atoms with Gasteiger partial charge in [0.1, 0.15) is 5.82 Å². The Hall–Kier alpha value is -1.51. The van der Waals surface area contributed by atoms with Crippen LogP contribution in [0.1, 0.15) is 25.0 Å². The smallest absolute Gasteiger partial charge is 0.214 e. The van der Waals surface area contributed by atoms with Gasteiger partial charge in [-0.25, -0.2) is 12.8 Å². The molecule has 0 saturated carbocycles. The third kappa shape index (κ3) is 4.98. The van der Waals surface area contributed by atoms with Crippen LogP contribution in [0.4, 0.5) is 4.39 Å². The van der Waals surface area contributed by atoms with Crippen molar-refractivity contribution in [2.45, 2.75) is 25.6 Å². The van der Waals surface area contributed by atoms with Crippen molar-refractivity contribution in [2.75, 3.05) is 25.4 Å². The van der Waals surface area contributed by atoms with Crippen LogP contribution in [0.2, 0.25) is 0 Å². The molecule has 23 heavy (non-hydrogen) atoms. The highest BCUT2D eigenvalue weighted by Gasteiger charge is 2.33. The summed E-state index contributed by atoms with van der Waals surface area (Å²) in [4.78, 5) is 10.2. The quantitative estimate of drug-likeness (QED) is 0.593. The van der Waals surface area contributed by atoms with Gasteiger partial charge in [0.15, 0.2) is 0 Å². The normalized spacial score (nSPS) is 22.7. The number of carbonyl (C=O) groups is 1. The van der Waals surface area contributed by atoms with Crippen molar-refractivity contribution >= 4 is 16.4 Å². The number of rotatable bonds is 7. The minimum Gasteiger partial charge on any atom is -0.368 e. The summed E-state index contributed by atoms with van der Waals surface area (Å²) < 4.78 is 45.1. The van der Waals surface area contributed by atoms with Gasteiger partial charge in [0.25, 0.3) is 0 Å². The highest BCUT2D eigenvalue weighted by atomic mass is 32.2. The Morgan fingerprint density at radius 1 is 1.35 bits per heavy atom. The maximum Gasteiger partial charge on any atom is 0.214 e. The first kappa shape index (κ1) is 17.8. The van der Waals surface area contributed by atoms with Crippen molar-refractivity contribution in [3.05, 3.63) is 35.6 Å². The number of nitrogens with one attached hydrogen (secondary N) is 1. The van der Waals surface area contributed by atoms with Gasteiger partial charge in [-0.15, -0.1) is 0 Å². The van der Waals surface area contributed by atoms with E-state index in [1.165, 1.54) is 16.4 Å². The molecule has 0 aliphatic carbocycles. The summed E-state index contributed by atoms with van der Waals surface area (Å²) in [5.74, 6) is -0.374. The zero-order valence-corrected chi connectivity index (χ0v) is 13.8. The SMILES string of the molecule is C[C@@H]1CN(S(=O)(=O)CCCNC=O)C[C@H](c2ccc(F)cc2)O1. The summed E-state index contributed by atoms with van der Waals surface area (Å²) in [5, 5.41) is 2.45. The number of halogens is 1. The van der Waals surface area contributed by atoms with E-state index in [0.29, 0.717) is 25.9 Å². The number of nitrogens with zero attached hydrogens (tertiary/aromatic N) is 1. The van der Waals surface area contributed by atoms with Gasteiger partial charge in [-0.05, 0) is 31.0 Å². The lowest BCUT2D eigenvalue weighted by Gasteiger charge is -2.36. The van der Waals surface area contributed by atoms with Crippen molar-refractivity contribution in [3.8, 4) is 0 Å². The van der Waals surface area contributed by atoms with E-state index in [9.17, 15) is 17.6 Å². The Kier molecular flexibility index (Phi) is 6.09. The van der Waals surface area contributed by atoms with Crippen LogP contribution < -0.4 is 5.32 Å². The molecule has 1 amide bonds. The molecule has 128 valence electrons. The third-order valence-corrected chi connectivity index (χ3v) is 5.56. The molecule has 1 saturated heterocycles. The second kappa shape index (κ2) is 7.85. The minimum atomic E-state index is -3.42. The van der Waals surface area contributed by atoms with Crippen molar-refractivity contribution in [1.82, 2.24) is 9.62 Å². The summed E-state index contributed by atoms with van der Waals surface area (Å²) in [6.07, 6.45) is 0.242. The maximum atomic E-state index is 13.0. The van der Waals surface area contributed by atoms with Crippen LogP contribution >= 0.6 is 0 Å². The van der Waals surface area contributed by atoms with Crippen molar-refractivity contribution in [3.63, 3.8) is 0 Å². The van der Waals surface area contributed by atoms with Gasteiger partial charge in [-0.1, -0.05) is 12.1 Å². The van der Waals surface area contributed by atoms with Gasteiger partial charge in [0, 0.05) is 19.6 Å². The van der Waals surface area contributed by atoms with Crippen LogP contribution in [-0.4, -0.2) is 50.6 Å². The molecular formula is C15H21FN2O4S. The fourth-order valence-corrected chi connectivity index (χ4v) is 4.11. The maximum absolute atomic E-state index is 13.0. The standard InChI is InChI=1S/C15H21FN2O4S/c1-12-9-18(23(20,21)8-2-7-17-11-19)10-15(22-12)13-3-5-14(16)6-4-13/h3-6,11-12,15H,2,7-10H2,1H3,(H,17,19)/t12-,15-/m1/s1. The number of ether oxygens (including phenoxy) is 1. The Balaban J connectivity index is 2.04. The Bertz CT molecular complexity index is 621. The number of morpholine rings is 1. The average molecular weight is 344 g/mol. The van der Waals surface area contributed by atoms with E-state index in [-0.39, 0.29) is 24.2 Å². The zero-order chi connectivity index (χ0) is 16.9. The molecule has 1 fully saturated rings. The van der Waals surface area contributed by atoms with Crippen LogP contribution in [0.5, 0.6) is 0 Å². The first-order chi connectivity index (χ1) is 10.9. The molecule has 0 unspecified atom stereocenters. The summed E-state index contributed by atoms with van der Waals surface area (Å²) >= 11 is 0. The molecule has 1 aromatic carbocycles. The molecule has 1 aliphatic rings. The second-order valence-corrected chi connectivity index (χ2v) is 7.63. The molecule has 1 heterocycles. The molecule has 0 bridgehead atoms. The Morgan fingerprint density at radius 3 is 2.70 bits per heavy atom. The van der Waals surface area contributed by atoms with Gasteiger partial charge in [0.2, 0.25) is 16.4 Å². The lowest BCUT2D eigenvalue weighted by atomic mass is 10.1. The predicted octanol–water partition coefficient (Wildman–Crippen LogP) is 1.05. The van der Waals surface area contributed by atoms with Crippen LogP contribution in [0.3, 0.4) is 0 Å².